The Kier molecular flexibility index (Phi) is 3.92. The molecule has 0 atom stereocenters. The molecular weight excluding hydrogens is 282 g/mol. The molecule has 0 aliphatic heterocycles. The summed E-state index contributed by atoms with van der Waals surface area (Å²) in [5.74, 6) is -0.00764. The first kappa shape index (κ1) is 14.1. The number of nitrogens with two attached hydrogens (primary N) is 1. The van der Waals surface area contributed by atoms with Gasteiger partial charge in [-0.3, -0.25) is 4.79 Å². The van der Waals surface area contributed by atoms with E-state index in [1.54, 1.807) is 0 Å². The van der Waals surface area contributed by atoms with E-state index in [0.717, 1.165) is 24.1 Å². The Hall–Kier alpha value is -1.88. The van der Waals surface area contributed by atoms with Gasteiger partial charge in [0.05, 0.1) is 0 Å². The van der Waals surface area contributed by atoms with Crippen molar-refractivity contribution in [2.75, 3.05) is 11.1 Å². The maximum absolute atomic E-state index is 11.6. The van der Waals surface area contributed by atoms with Crippen LogP contribution in [0.4, 0.5) is 10.1 Å². The van der Waals surface area contributed by atoms with Crippen LogP contribution in [0.1, 0.15) is 37.3 Å². The molecule has 1 aliphatic carbocycles. The summed E-state index contributed by atoms with van der Waals surface area (Å²) in [7, 11) is 0. The number of amides is 1. The zero-order chi connectivity index (χ0) is 14.8. The van der Waals surface area contributed by atoms with Gasteiger partial charge < -0.3 is 11.1 Å². The Bertz CT molecular complexity index is 678. The third-order valence-corrected chi connectivity index (χ3v) is 4.55. The predicted octanol–water partition coefficient (Wildman–Crippen LogP) is 3.62. The smallest absolute Gasteiger partial charge is 0.226 e. The highest BCUT2D eigenvalue weighted by Crippen LogP contribution is 2.35. The fourth-order valence-electron chi connectivity index (χ4n) is 2.72. The van der Waals surface area contributed by atoms with Crippen LogP contribution < -0.4 is 11.1 Å². The Balaban J connectivity index is 1.85. The molecule has 0 bridgehead atoms. The second kappa shape index (κ2) is 5.85. The minimum Gasteiger partial charge on any atom is -0.389 e. The first-order chi connectivity index (χ1) is 10.2. The minimum atomic E-state index is -0.00764. The largest absolute Gasteiger partial charge is 0.389 e. The van der Waals surface area contributed by atoms with Gasteiger partial charge in [-0.15, -0.1) is 0 Å². The summed E-state index contributed by atoms with van der Waals surface area (Å²) < 4.78 is 0. The van der Waals surface area contributed by atoms with E-state index >= 15 is 0 Å². The van der Waals surface area contributed by atoms with E-state index in [-0.39, 0.29) is 5.91 Å². The number of nitrogens with one attached hydrogen (secondary N) is 1. The van der Waals surface area contributed by atoms with Gasteiger partial charge in [0.1, 0.15) is 10.7 Å². The summed E-state index contributed by atoms with van der Waals surface area (Å²) in [6, 6.07) is 6.43. The molecule has 2 aromatic rings. The zero-order valence-electron chi connectivity index (χ0n) is 12.1. The number of aromatic nitrogens is 1. The normalized spacial score (nSPS) is 13.2. The van der Waals surface area contributed by atoms with Gasteiger partial charge in [-0.05, 0) is 42.9 Å². The number of thiazole rings is 1. The highest BCUT2D eigenvalue weighted by molar-refractivity contribution is 7.20. The van der Waals surface area contributed by atoms with Crippen LogP contribution >= 0.6 is 11.3 Å². The summed E-state index contributed by atoms with van der Waals surface area (Å²) >= 11 is 1.33. The maximum Gasteiger partial charge on any atom is 0.226 e. The fraction of sp³-hybridized carbons (Fsp3) is 0.375. The van der Waals surface area contributed by atoms with Crippen molar-refractivity contribution in [1.29, 1.82) is 0 Å². The molecule has 3 rings (SSSR count). The number of rotatable bonds is 4. The second-order valence-electron chi connectivity index (χ2n) is 5.37. The Morgan fingerprint density at radius 1 is 1.38 bits per heavy atom. The fourth-order valence-corrected chi connectivity index (χ4v) is 3.49. The Labute approximate surface area is 128 Å². The van der Waals surface area contributed by atoms with Gasteiger partial charge in [0, 0.05) is 12.0 Å². The van der Waals surface area contributed by atoms with Crippen LogP contribution in [-0.2, 0) is 17.6 Å². The van der Waals surface area contributed by atoms with Crippen LogP contribution in [0.25, 0.3) is 11.3 Å². The molecule has 0 saturated heterocycles. The number of anilines is 2. The molecule has 110 valence electrons. The lowest BCUT2D eigenvalue weighted by molar-refractivity contribution is -0.116. The first-order valence-corrected chi connectivity index (χ1v) is 8.17. The van der Waals surface area contributed by atoms with Gasteiger partial charge in [-0.25, -0.2) is 4.98 Å². The molecule has 1 aliphatic rings. The van der Waals surface area contributed by atoms with Crippen molar-refractivity contribution < 1.29 is 4.79 Å². The standard InChI is InChI=1S/C16H19N3OS/c1-2-4-13(20)18-16-19-14(15(17)21-16)12-8-7-10-5-3-6-11(10)9-12/h7-9H,2-6,17H2,1H3,(H,18,19,20). The average Bonchev–Trinajstić information content (AvgIpc) is 3.04. The van der Waals surface area contributed by atoms with E-state index in [0.29, 0.717) is 16.6 Å². The number of carbonyl (C=O) groups is 1. The lowest BCUT2D eigenvalue weighted by Gasteiger charge is -2.03. The number of nitrogen functional groups attached to an aromatic ring is 1. The van der Waals surface area contributed by atoms with Crippen LogP contribution in [0.5, 0.6) is 0 Å². The molecule has 4 nitrogen and oxygen atoms in total. The molecule has 5 heteroatoms. The van der Waals surface area contributed by atoms with Crippen LogP contribution in [0.3, 0.4) is 0 Å². The Morgan fingerprint density at radius 2 is 2.19 bits per heavy atom. The van der Waals surface area contributed by atoms with E-state index in [2.05, 4.69) is 28.5 Å². The van der Waals surface area contributed by atoms with Gasteiger partial charge >= 0.3 is 0 Å². The molecule has 0 unspecified atom stereocenters. The summed E-state index contributed by atoms with van der Waals surface area (Å²) in [6.45, 7) is 1.98. The molecule has 0 fully saturated rings. The van der Waals surface area contributed by atoms with Crippen molar-refractivity contribution in [2.24, 2.45) is 0 Å². The monoisotopic (exact) mass is 301 g/mol. The third kappa shape index (κ3) is 2.93. The zero-order valence-corrected chi connectivity index (χ0v) is 12.9. The second-order valence-corrected chi connectivity index (χ2v) is 6.40. The summed E-state index contributed by atoms with van der Waals surface area (Å²) in [5, 5.41) is 4.05. The number of fused-ring (bicyclic) bond motifs is 1. The number of hydrogen-bond acceptors (Lipinski definition) is 4. The van der Waals surface area contributed by atoms with Crippen molar-refractivity contribution in [3.05, 3.63) is 29.3 Å². The van der Waals surface area contributed by atoms with Crippen molar-refractivity contribution >= 4 is 27.4 Å². The van der Waals surface area contributed by atoms with E-state index in [4.69, 9.17) is 5.73 Å². The van der Waals surface area contributed by atoms with Gasteiger partial charge in [-0.2, -0.15) is 0 Å². The van der Waals surface area contributed by atoms with Gasteiger partial charge in [-0.1, -0.05) is 30.4 Å². The first-order valence-electron chi connectivity index (χ1n) is 7.35. The Morgan fingerprint density at radius 3 is 3.00 bits per heavy atom. The van der Waals surface area contributed by atoms with Crippen molar-refractivity contribution in [3.63, 3.8) is 0 Å². The lowest BCUT2D eigenvalue weighted by atomic mass is 10.0. The summed E-state index contributed by atoms with van der Waals surface area (Å²) in [4.78, 5) is 16.1. The van der Waals surface area contributed by atoms with Gasteiger partial charge in [0.25, 0.3) is 0 Å². The van der Waals surface area contributed by atoms with E-state index < -0.39 is 0 Å². The van der Waals surface area contributed by atoms with Crippen molar-refractivity contribution in [1.82, 2.24) is 4.98 Å². The molecule has 0 spiro atoms. The molecule has 1 amide bonds. The topological polar surface area (TPSA) is 68.0 Å². The maximum atomic E-state index is 11.6. The van der Waals surface area contributed by atoms with E-state index in [1.165, 1.54) is 35.3 Å². The number of carbonyl (C=O) groups excluding carboxylic acids is 1. The van der Waals surface area contributed by atoms with Crippen molar-refractivity contribution in [3.8, 4) is 11.3 Å². The van der Waals surface area contributed by atoms with Gasteiger partial charge in [0.15, 0.2) is 5.13 Å². The average molecular weight is 301 g/mol. The summed E-state index contributed by atoms with van der Waals surface area (Å²) in [5.41, 5.74) is 10.7. The van der Waals surface area contributed by atoms with Crippen LogP contribution in [0, 0.1) is 0 Å². The third-order valence-electron chi connectivity index (χ3n) is 3.75. The number of aryl methyl sites for hydroxylation is 2. The van der Waals surface area contributed by atoms with E-state index in [9.17, 15) is 4.79 Å². The SMILES string of the molecule is CCCC(=O)Nc1nc(-c2ccc3c(c2)CCC3)c(N)s1. The van der Waals surface area contributed by atoms with Crippen molar-refractivity contribution in [2.45, 2.75) is 39.0 Å². The van der Waals surface area contributed by atoms with Crippen LogP contribution in [-0.4, -0.2) is 10.9 Å². The molecule has 1 aromatic carbocycles. The molecule has 1 aromatic heterocycles. The summed E-state index contributed by atoms with van der Waals surface area (Å²) in [6.07, 6.45) is 4.86. The molecular formula is C16H19N3OS. The lowest BCUT2D eigenvalue weighted by Crippen LogP contribution is -2.10. The molecule has 1 heterocycles. The molecule has 3 N–H and O–H groups in total. The minimum absolute atomic E-state index is 0.00764. The van der Waals surface area contributed by atoms with Crippen LogP contribution in [0.2, 0.25) is 0 Å². The predicted molar refractivity (Wildman–Crippen MR) is 87.5 cm³/mol. The highest BCUT2D eigenvalue weighted by Gasteiger charge is 2.16. The van der Waals surface area contributed by atoms with Crippen LogP contribution in [0.15, 0.2) is 18.2 Å². The molecule has 0 radical (unpaired) electrons. The highest BCUT2D eigenvalue weighted by atomic mass is 32.1. The molecule has 21 heavy (non-hydrogen) atoms. The number of nitrogens with zero attached hydrogens (tertiary/aromatic N) is 1. The molecule has 0 saturated carbocycles. The quantitative estimate of drug-likeness (QED) is 0.906. The van der Waals surface area contributed by atoms with Gasteiger partial charge in [0.2, 0.25) is 5.91 Å². The number of benzene rings is 1. The van der Waals surface area contributed by atoms with E-state index in [1.807, 2.05) is 6.92 Å². The number of hydrogen-bond donors (Lipinski definition) is 2.